The van der Waals surface area contributed by atoms with E-state index in [-0.39, 0.29) is 6.10 Å². The quantitative estimate of drug-likeness (QED) is 0.673. The molecule has 0 radical (unpaired) electrons. The molecule has 1 aliphatic carbocycles. The van der Waals surface area contributed by atoms with E-state index >= 15 is 0 Å². The molecule has 0 unspecified atom stereocenters. The van der Waals surface area contributed by atoms with Gasteiger partial charge in [0.2, 0.25) is 0 Å². The Bertz CT molecular complexity index is 430. The predicted molar refractivity (Wildman–Crippen MR) is 84.1 cm³/mol. The van der Waals surface area contributed by atoms with Crippen LogP contribution >= 0.6 is 0 Å². The van der Waals surface area contributed by atoms with Crippen molar-refractivity contribution in [1.82, 2.24) is 5.32 Å². The van der Waals surface area contributed by atoms with E-state index in [2.05, 4.69) is 11.4 Å². The van der Waals surface area contributed by atoms with Gasteiger partial charge in [0.05, 0.1) is 19.3 Å². The van der Waals surface area contributed by atoms with Crippen LogP contribution in [0.25, 0.3) is 0 Å². The molecule has 2 rings (SSSR count). The summed E-state index contributed by atoms with van der Waals surface area (Å²) in [6.45, 7) is 8.63. The van der Waals surface area contributed by atoms with Crippen molar-refractivity contribution in [2.45, 2.75) is 52.3 Å². The highest BCUT2D eigenvalue weighted by atomic mass is 16.5. The summed E-state index contributed by atoms with van der Waals surface area (Å²) in [6.07, 6.45) is 2.79. The monoisotopic (exact) mass is 293 g/mol. The molecular weight excluding hydrogens is 266 g/mol. The van der Waals surface area contributed by atoms with Crippen molar-refractivity contribution in [3.63, 3.8) is 0 Å². The maximum atomic E-state index is 5.93. The predicted octanol–water partition coefficient (Wildman–Crippen LogP) is 3.14. The molecule has 1 aromatic carbocycles. The SMILES string of the molecule is CCOc1cccc(CNC2CC2)c1OCCOC(C)C. The molecule has 4 nitrogen and oxygen atoms in total. The Morgan fingerprint density at radius 1 is 1.19 bits per heavy atom. The fraction of sp³-hybridized carbons (Fsp3) is 0.647. The first-order valence-corrected chi connectivity index (χ1v) is 7.93. The van der Waals surface area contributed by atoms with E-state index in [1.54, 1.807) is 0 Å². The Balaban J connectivity index is 1.97. The van der Waals surface area contributed by atoms with Crippen LogP contribution in [0.5, 0.6) is 11.5 Å². The average Bonchev–Trinajstić information content (AvgIpc) is 3.27. The van der Waals surface area contributed by atoms with E-state index in [4.69, 9.17) is 14.2 Å². The molecule has 4 heteroatoms. The standard InChI is InChI=1S/C17H27NO3/c1-4-19-16-7-5-6-14(12-18-15-8-9-15)17(16)21-11-10-20-13(2)3/h5-7,13,15,18H,4,8-12H2,1-3H3. The van der Waals surface area contributed by atoms with Crippen molar-refractivity contribution in [2.75, 3.05) is 19.8 Å². The van der Waals surface area contributed by atoms with Crippen LogP contribution in [0, 0.1) is 0 Å². The highest BCUT2D eigenvalue weighted by Crippen LogP contribution is 2.32. The Morgan fingerprint density at radius 2 is 2.00 bits per heavy atom. The topological polar surface area (TPSA) is 39.7 Å². The minimum Gasteiger partial charge on any atom is -0.490 e. The second kappa shape index (κ2) is 8.25. The molecule has 21 heavy (non-hydrogen) atoms. The molecule has 1 aromatic rings. The molecule has 0 aliphatic heterocycles. The van der Waals surface area contributed by atoms with E-state index in [0.717, 1.165) is 23.6 Å². The Labute approximate surface area is 127 Å². The molecule has 0 amide bonds. The zero-order chi connectivity index (χ0) is 15.1. The van der Waals surface area contributed by atoms with Gasteiger partial charge >= 0.3 is 0 Å². The van der Waals surface area contributed by atoms with Crippen LogP contribution in [-0.4, -0.2) is 32.0 Å². The first-order chi connectivity index (χ1) is 10.2. The molecule has 118 valence electrons. The number of rotatable bonds is 10. The molecule has 0 bridgehead atoms. The van der Waals surface area contributed by atoms with Crippen molar-refractivity contribution >= 4 is 0 Å². The molecule has 1 fully saturated rings. The zero-order valence-corrected chi connectivity index (χ0v) is 13.4. The van der Waals surface area contributed by atoms with Crippen LogP contribution in [0.15, 0.2) is 18.2 Å². The summed E-state index contributed by atoms with van der Waals surface area (Å²) in [5.74, 6) is 1.66. The van der Waals surface area contributed by atoms with Gasteiger partial charge in [-0.05, 0) is 39.7 Å². The van der Waals surface area contributed by atoms with E-state index in [9.17, 15) is 0 Å². The van der Waals surface area contributed by atoms with Crippen LogP contribution < -0.4 is 14.8 Å². The lowest BCUT2D eigenvalue weighted by molar-refractivity contribution is 0.0543. The summed E-state index contributed by atoms with van der Waals surface area (Å²) in [4.78, 5) is 0. The number of hydrogen-bond acceptors (Lipinski definition) is 4. The van der Waals surface area contributed by atoms with Gasteiger partial charge < -0.3 is 19.5 Å². The molecule has 1 N–H and O–H groups in total. The van der Waals surface area contributed by atoms with Crippen LogP contribution in [0.2, 0.25) is 0 Å². The average molecular weight is 293 g/mol. The highest BCUT2D eigenvalue weighted by molar-refractivity contribution is 5.46. The zero-order valence-electron chi connectivity index (χ0n) is 13.4. The van der Waals surface area contributed by atoms with Gasteiger partial charge in [-0.15, -0.1) is 0 Å². The first-order valence-electron chi connectivity index (χ1n) is 7.93. The third kappa shape index (κ3) is 5.56. The largest absolute Gasteiger partial charge is 0.490 e. The maximum Gasteiger partial charge on any atom is 0.165 e. The number of nitrogens with one attached hydrogen (secondary N) is 1. The van der Waals surface area contributed by atoms with E-state index in [1.807, 2.05) is 32.9 Å². The van der Waals surface area contributed by atoms with Crippen LogP contribution in [0.3, 0.4) is 0 Å². The third-order valence-electron chi connectivity index (χ3n) is 3.30. The second-order valence-electron chi connectivity index (χ2n) is 5.60. The Morgan fingerprint density at radius 3 is 2.67 bits per heavy atom. The summed E-state index contributed by atoms with van der Waals surface area (Å²) in [5, 5.41) is 3.52. The molecule has 0 heterocycles. The van der Waals surface area contributed by atoms with Gasteiger partial charge in [-0.3, -0.25) is 0 Å². The summed E-state index contributed by atoms with van der Waals surface area (Å²) in [6, 6.07) is 6.75. The lowest BCUT2D eigenvalue weighted by Gasteiger charge is -2.17. The van der Waals surface area contributed by atoms with Gasteiger partial charge in [0.25, 0.3) is 0 Å². The molecular formula is C17H27NO3. The lowest BCUT2D eigenvalue weighted by Crippen LogP contribution is -2.17. The molecule has 1 saturated carbocycles. The van der Waals surface area contributed by atoms with Gasteiger partial charge in [-0.1, -0.05) is 12.1 Å². The van der Waals surface area contributed by atoms with Crippen molar-refractivity contribution in [1.29, 1.82) is 0 Å². The van der Waals surface area contributed by atoms with Crippen LogP contribution in [-0.2, 0) is 11.3 Å². The maximum absolute atomic E-state index is 5.93. The lowest BCUT2D eigenvalue weighted by atomic mass is 10.2. The number of ether oxygens (including phenoxy) is 3. The Hall–Kier alpha value is -1.26. The molecule has 0 aromatic heterocycles. The smallest absolute Gasteiger partial charge is 0.165 e. The highest BCUT2D eigenvalue weighted by Gasteiger charge is 2.21. The van der Waals surface area contributed by atoms with Crippen LogP contribution in [0.1, 0.15) is 39.2 Å². The van der Waals surface area contributed by atoms with E-state index in [1.165, 1.54) is 12.8 Å². The normalized spacial score (nSPS) is 14.5. The minimum atomic E-state index is 0.228. The van der Waals surface area contributed by atoms with E-state index in [0.29, 0.717) is 25.9 Å². The summed E-state index contributed by atoms with van der Waals surface area (Å²) in [5.41, 5.74) is 1.15. The van der Waals surface area contributed by atoms with E-state index < -0.39 is 0 Å². The minimum absolute atomic E-state index is 0.228. The number of benzene rings is 1. The molecule has 0 saturated heterocycles. The van der Waals surface area contributed by atoms with Crippen molar-refractivity contribution in [3.05, 3.63) is 23.8 Å². The van der Waals surface area contributed by atoms with Gasteiger partial charge in [-0.2, -0.15) is 0 Å². The van der Waals surface area contributed by atoms with Crippen LogP contribution in [0.4, 0.5) is 0 Å². The van der Waals surface area contributed by atoms with Crippen molar-refractivity contribution in [2.24, 2.45) is 0 Å². The Kier molecular flexibility index (Phi) is 6.33. The molecule has 0 atom stereocenters. The molecule has 1 aliphatic rings. The molecule has 0 spiro atoms. The van der Waals surface area contributed by atoms with Gasteiger partial charge in [0.15, 0.2) is 11.5 Å². The first kappa shape index (κ1) is 16.1. The summed E-state index contributed by atoms with van der Waals surface area (Å²) >= 11 is 0. The van der Waals surface area contributed by atoms with Crippen molar-refractivity contribution < 1.29 is 14.2 Å². The summed E-state index contributed by atoms with van der Waals surface area (Å²) < 4.78 is 17.1. The fourth-order valence-corrected chi connectivity index (χ4v) is 2.10. The van der Waals surface area contributed by atoms with Crippen molar-refractivity contribution in [3.8, 4) is 11.5 Å². The fourth-order valence-electron chi connectivity index (χ4n) is 2.10. The van der Waals surface area contributed by atoms with Gasteiger partial charge in [-0.25, -0.2) is 0 Å². The number of para-hydroxylation sites is 1. The number of hydrogen-bond donors (Lipinski definition) is 1. The third-order valence-corrected chi connectivity index (χ3v) is 3.30. The second-order valence-corrected chi connectivity index (χ2v) is 5.60. The van der Waals surface area contributed by atoms with Gasteiger partial charge in [0, 0.05) is 18.2 Å². The summed E-state index contributed by atoms with van der Waals surface area (Å²) in [7, 11) is 0. The van der Waals surface area contributed by atoms with Gasteiger partial charge in [0.1, 0.15) is 6.61 Å².